The van der Waals surface area contributed by atoms with Crippen LogP contribution in [-0.4, -0.2) is 0 Å². The van der Waals surface area contributed by atoms with Crippen molar-refractivity contribution in [1.29, 1.82) is 5.26 Å². The van der Waals surface area contributed by atoms with Gasteiger partial charge in [0.25, 0.3) is 0 Å². The topological polar surface area (TPSA) is 23.8 Å². The highest BCUT2D eigenvalue weighted by Crippen LogP contribution is 2.56. The van der Waals surface area contributed by atoms with E-state index >= 15 is 0 Å². The number of halogens is 2. The van der Waals surface area contributed by atoms with Gasteiger partial charge in [0.05, 0.1) is 21.5 Å². The van der Waals surface area contributed by atoms with Crippen LogP contribution >= 0.6 is 23.2 Å². The molecule has 1 nitrogen and oxygen atoms in total. The first-order valence-electron chi connectivity index (χ1n) is 5.01. The van der Waals surface area contributed by atoms with E-state index in [0.29, 0.717) is 16.0 Å². The summed E-state index contributed by atoms with van der Waals surface area (Å²) in [6, 6.07) is 7.91. The molecule has 0 N–H and O–H groups in total. The monoisotopic (exact) mass is 239 g/mol. The second kappa shape index (κ2) is 3.70. The number of benzene rings is 1. The maximum atomic E-state index is 9.25. The molecule has 0 aromatic heterocycles. The summed E-state index contributed by atoms with van der Waals surface area (Å²) in [5.74, 6) is 0.472. The van der Waals surface area contributed by atoms with Crippen LogP contribution in [0.15, 0.2) is 18.2 Å². The molecule has 1 saturated carbocycles. The van der Waals surface area contributed by atoms with E-state index in [-0.39, 0.29) is 5.41 Å². The van der Waals surface area contributed by atoms with Crippen LogP contribution in [0.4, 0.5) is 0 Å². The molecule has 0 radical (unpaired) electrons. The van der Waals surface area contributed by atoms with Crippen molar-refractivity contribution in [3.63, 3.8) is 0 Å². The molecule has 3 heteroatoms. The van der Waals surface area contributed by atoms with Gasteiger partial charge in [-0.2, -0.15) is 5.26 Å². The lowest BCUT2D eigenvalue weighted by Crippen LogP contribution is -2.06. The van der Waals surface area contributed by atoms with Crippen molar-refractivity contribution in [3.8, 4) is 6.07 Å². The Kier molecular flexibility index (Phi) is 2.66. The smallest absolute Gasteiger partial charge is 0.0854 e. The summed E-state index contributed by atoms with van der Waals surface area (Å²) < 4.78 is 0. The van der Waals surface area contributed by atoms with Crippen molar-refractivity contribution in [2.75, 3.05) is 0 Å². The van der Waals surface area contributed by atoms with E-state index in [0.717, 1.165) is 18.4 Å². The quantitative estimate of drug-likeness (QED) is 0.760. The van der Waals surface area contributed by atoms with Gasteiger partial charge in [-0.1, -0.05) is 42.6 Å². The zero-order valence-electron chi connectivity index (χ0n) is 8.43. The van der Waals surface area contributed by atoms with Crippen molar-refractivity contribution >= 4 is 23.2 Å². The summed E-state index contributed by atoms with van der Waals surface area (Å²) in [4.78, 5) is 0. The van der Waals surface area contributed by atoms with E-state index in [9.17, 15) is 5.26 Å². The first-order valence-corrected chi connectivity index (χ1v) is 5.76. The third-order valence-electron chi connectivity index (χ3n) is 3.23. The zero-order chi connectivity index (χ0) is 11.1. The Morgan fingerprint density at radius 1 is 1.47 bits per heavy atom. The Bertz CT molecular complexity index is 436. The van der Waals surface area contributed by atoms with Crippen molar-refractivity contribution in [3.05, 3.63) is 33.8 Å². The average Bonchev–Trinajstić information content (AvgIpc) is 2.97. The van der Waals surface area contributed by atoms with Gasteiger partial charge < -0.3 is 0 Å². The van der Waals surface area contributed by atoms with Gasteiger partial charge in [-0.05, 0) is 30.0 Å². The van der Waals surface area contributed by atoms with Crippen LogP contribution < -0.4 is 0 Å². The molecule has 0 amide bonds. The molecule has 1 aromatic rings. The van der Waals surface area contributed by atoms with Crippen LogP contribution in [0, 0.1) is 17.2 Å². The van der Waals surface area contributed by atoms with Crippen molar-refractivity contribution in [2.45, 2.75) is 25.2 Å². The Morgan fingerprint density at radius 3 is 2.67 bits per heavy atom. The first kappa shape index (κ1) is 10.8. The lowest BCUT2D eigenvalue weighted by atomic mass is 9.94. The molecule has 0 saturated heterocycles. The minimum atomic E-state index is -0.303. The number of hydrogen-bond donors (Lipinski definition) is 0. The molecule has 0 heterocycles. The van der Waals surface area contributed by atoms with Gasteiger partial charge in [0.1, 0.15) is 0 Å². The predicted octanol–water partition coefficient (Wildman–Crippen LogP) is 4.18. The van der Waals surface area contributed by atoms with Crippen molar-refractivity contribution in [1.82, 2.24) is 0 Å². The molecule has 2 atom stereocenters. The number of rotatable bonds is 2. The summed E-state index contributed by atoms with van der Waals surface area (Å²) in [5, 5.41) is 10.3. The second-order valence-corrected chi connectivity index (χ2v) is 4.84. The van der Waals surface area contributed by atoms with Gasteiger partial charge in [-0.3, -0.25) is 0 Å². The van der Waals surface area contributed by atoms with Crippen LogP contribution in [0.25, 0.3) is 0 Å². The van der Waals surface area contributed by atoms with E-state index in [1.54, 1.807) is 6.07 Å². The standard InChI is InChI=1S/C12H11Cl2N/c1-2-8-6-12(8,7-15)9-3-4-10(13)11(14)5-9/h3-5,8H,2,6H2,1H3. The van der Waals surface area contributed by atoms with Crippen molar-refractivity contribution in [2.24, 2.45) is 5.92 Å². The van der Waals surface area contributed by atoms with Crippen LogP contribution in [0.3, 0.4) is 0 Å². The molecule has 2 rings (SSSR count). The third-order valence-corrected chi connectivity index (χ3v) is 3.97. The molecule has 78 valence electrons. The summed E-state index contributed by atoms with van der Waals surface area (Å²) in [6.07, 6.45) is 1.98. The highest BCUT2D eigenvalue weighted by Gasteiger charge is 2.54. The predicted molar refractivity (Wildman–Crippen MR) is 62.2 cm³/mol. The van der Waals surface area contributed by atoms with E-state index in [1.807, 2.05) is 12.1 Å². The second-order valence-electron chi connectivity index (χ2n) is 4.02. The van der Waals surface area contributed by atoms with E-state index < -0.39 is 0 Å². The fourth-order valence-corrected chi connectivity index (χ4v) is 2.45. The molecule has 0 bridgehead atoms. The summed E-state index contributed by atoms with van der Waals surface area (Å²) in [7, 11) is 0. The summed E-state index contributed by atoms with van der Waals surface area (Å²) in [6.45, 7) is 2.11. The maximum absolute atomic E-state index is 9.25. The van der Waals surface area contributed by atoms with E-state index in [4.69, 9.17) is 23.2 Å². The zero-order valence-corrected chi connectivity index (χ0v) is 9.94. The molecule has 1 aromatic carbocycles. The van der Waals surface area contributed by atoms with Gasteiger partial charge in [0, 0.05) is 0 Å². The molecule has 15 heavy (non-hydrogen) atoms. The van der Waals surface area contributed by atoms with Crippen LogP contribution in [0.2, 0.25) is 10.0 Å². The van der Waals surface area contributed by atoms with Crippen LogP contribution in [0.1, 0.15) is 25.3 Å². The Labute approximate surface area is 99.6 Å². The highest BCUT2D eigenvalue weighted by atomic mass is 35.5. The Balaban J connectivity index is 2.39. The molecule has 0 aliphatic heterocycles. The average molecular weight is 240 g/mol. The summed E-state index contributed by atoms with van der Waals surface area (Å²) >= 11 is 11.8. The molecule has 1 aliphatic carbocycles. The minimum Gasteiger partial charge on any atom is -0.197 e. The van der Waals surface area contributed by atoms with Gasteiger partial charge in [0.2, 0.25) is 0 Å². The molecule has 1 aliphatic rings. The molecule has 2 unspecified atom stereocenters. The minimum absolute atomic E-state index is 0.303. The molecular weight excluding hydrogens is 229 g/mol. The normalized spacial score (nSPS) is 28.5. The largest absolute Gasteiger partial charge is 0.197 e. The van der Waals surface area contributed by atoms with Crippen molar-refractivity contribution < 1.29 is 0 Å². The lowest BCUT2D eigenvalue weighted by molar-refractivity contribution is 0.701. The van der Waals surface area contributed by atoms with Gasteiger partial charge in [-0.25, -0.2) is 0 Å². The molecular formula is C12H11Cl2N. The number of nitrogens with zero attached hydrogens (tertiary/aromatic N) is 1. The highest BCUT2D eigenvalue weighted by molar-refractivity contribution is 6.42. The third kappa shape index (κ3) is 1.62. The number of hydrogen-bond acceptors (Lipinski definition) is 1. The summed E-state index contributed by atoms with van der Waals surface area (Å²) in [5.41, 5.74) is 0.703. The maximum Gasteiger partial charge on any atom is 0.0854 e. The van der Waals surface area contributed by atoms with Gasteiger partial charge >= 0.3 is 0 Å². The number of nitriles is 1. The lowest BCUT2D eigenvalue weighted by Gasteiger charge is -2.09. The van der Waals surface area contributed by atoms with E-state index in [2.05, 4.69) is 13.0 Å². The first-order chi connectivity index (χ1) is 7.14. The van der Waals surface area contributed by atoms with Crippen LogP contribution in [-0.2, 0) is 5.41 Å². The molecule has 1 fully saturated rings. The fraction of sp³-hybridized carbons (Fsp3) is 0.417. The Hall–Kier alpha value is -0.710. The SMILES string of the molecule is CCC1CC1(C#N)c1ccc(Cl)c(Cl)c1. The van der Waals surface area contributed by atoms with E-state index in [1.165, 1.54) is 0 Å². The van der Waals surface area contributed by atoms with Crippen LogP contribution in [0.5, 0.6) is 0 Å². The molecule has 0 spiro atoms. The fourth-order valence-electron chi connectivity index (χ4n) is 2.15. The van der Waals surface area contributed by atoms with Gasteiger partial charge in [-0.15, -0.1) is 0 Å². The Morgan fingerprint density at radius 2 is 2.20 bits per heavy atom. The van der Waals surface area contributed by atoms with Gasteiger partial charge in [0.15, 0.2) is 0 Å².